The Labute approximate surface area is 147 Å². The number of nitrogen functional groups attached to an aromatic ring is 2. The Morgan fingerprint density at radius 1 is 0.667 bits per heavy atom. The van der Waals surface area contributed by atoms with E-state index < -0.39 is 0 Å². The predicted octanol–water partition coefficient (Wildman–Crippen LogP) is 5.98. The lowest BCUT2D eigenvalue weighted by Crippen LogP contribution is -2.04. The summed E-state index contributed by atoms with van der Waals surface area (Å²) < 4.78 is 0. The molecule has 0 atom stereocenters. The van der Waals surface area contributed by atoms with Crippen molar-refractivity contribution in [2.45, 2.75) is 65.2 Å². The molecule has 2 nitrogen and oxygen atoms in total. The summed E-state index contributed by atoms with van der Waals surface area (Å²) >= 11 is 0. The summed E-state index contributed by atoms with van der Waals surface area (Å²) in [5.74, 6) is 0. The number of unbranched alkanes of at least 4 members (excludes halogenated alkanes) is 4. The van der Waals surface area contributed by atoms with E-state index in [-0.39, 0.29) is 0 Å². The number of rotatable bonds is 9. The topological polar surface area (TPSA) is 52.0 Å². The van der Waals surface area contributed by atoms with E-state index in [2.05, 4.69) is 38.1 Å². The molecule has 0 fully saturated rings. The third kappa shape index (κ3) is 4.77. The van der Waals surface area contributed by atoms with Crippen LogP contribution in [-0.2, 0) is 12.8 Å². The van der Waals surface area contributed by atoms with E-state index in [9.17, 15) is 0 Å². The Kier molecular flexibility index (Phi) is 7.17. The van der Waals surface area contributed by atoms with Gasteiger partial charge in [-0.3, -0.25) is 0 Å². The molecule has 2 aromatic carbocycles. The molecule has 4 N–H and O–H groups in total. The maximum atomic E-state index is 6.36. The first-order chi connectivity index (χ1) is 11.7. The summed E-state index contributed by atoms with van der Waals surface area (Å²) in [5.41, 5.74) is 19.4. The summed E-state index contributed by atoms with van der Waals surface area (Å²) in [7, 11) is 0. The van der Waals surface area contributed by atoms with E-state index >= 15 is 0 Å². The van der Waals surface area contributed by atoms with Crippen LogP contribution in [0.4, 0.5) is 11.4 Å². The molecular formula is C22H32N2. The summed E-state index contributed by atoms with van der Waals surface area (Å²) in [6.45, 7) is 4.50. The second kappa shape index (κ2) is 9.36. The zero-order valence-corrected chi connectivity index (χ0v) is 15.3. The van der Waals surface area contributed by atoms with Gasteiger partial charge in [-0.15, -0.1) is 0 Å². The van der Waals surface area contributed by atoms with Gasteiger partial charge in [-0.05, 0) is 66.1 Å². The van der Waals surface area contributed by atoms with Crippen LogP contribution >= 0.6 is 0 Å². The van der Waals surface area contributed by atoms with Crippen LogP contribution in [0.25, 0.3) is 11.1 Å². The maximum absolute atomic E-state index is 6.36. The average molecular weight is 325 g/mol. The molecule has 0 heterocycles. The molecule has 0 saturated carbocycles. The van der Waals surface area contributed by atoms with Crippen LogP contribution in [0.3, 0.4) is 0 Å². The Morgan fingerprint density at radius 3 is 1.83 bits per heavy atom. The minimum Gasteiger partial charge on any atom is -0.399 e. The molecule has 0 bridgehead atoms. The summed E-state index contributed by atoms with van der Waals surface area (Å²) in [5, 5.41) is 0. The third-order valence-corrected chi connectivity index (χ3v) is 4.75. The number of benzene rings is 2. The first-order valence-electron chi connectivity index (χ1n) is 9.43. The van der Waals surface area contributed by atoms with E-state index in [1.165, 1.54) is 60.8 Å². The van der Waals surface area contributed by atoms with E-state index in [0.717, 1.165) is 24.2 Å². The van der Waals surface area contributed by atoms with Gasteiger partial charge in [0.1, 0.15) is 0 Å². The maximum Gasteiger partial charge on any atom is 0.0349 e. The van der Waals surface area contributed by atoms with Gasteiger partial charge in [-0.25, -0.2) is 0 Å². The number of hydrogen-bond donors (Lipinski definition) is 2. The highest BCUT2D eigenvalue weighted by atomic mass is 14.6. The number of anilines is 2. The molecule has 0 spiro atoms. The largest absolute Gasteiger partial charge is 0.399 e. The highest BCUT2D eigenvalue weighted by molar-refractivity contribution is 5.73. The van der Waals surface area contributed by atoms with Gasteiger partial charge in [0.15, 0.2) is 0 Å². The van der Waals surface area contributed by atoms with E-state index in [0.29, 0.717) is 0 Å². The van der Waals surface area contributed by atoms with Gasteiger partial charge >= 0.3 is 0 Å². The molecule has 130 valence electrons. The smallest absolute Gasteiger partial charge is 0.0349 e. The second-order valence-corrected chi connectivity index (χ2v) is 6.70. The molecular weight excluding hydrogens is 292 g/mol. The molecule has 0 unspecified atom stereocenters. The van der Waals surface area contributed by atoms with Crippen molar-refractivity contribution in [2.24, 2.45) is 0 Å². The lowest BCUT2D eigenvalue weighted by atomic mass is 9.88. The Hall–Kier alpha value is -1.96. The van der Waals surface area contributed by atoms with Gasteiger partial charge in [-0.2, -0.15) is 0 Å². The Bertz CT molecular complexity index is 629. The van der Waals surface area contributed by atoms with Crippen LogP contribution in [0.5, 0.6) is 0 Å². The lowest BCUT2D eigenvalue weighted by molar-refractivity contribution is 0.695. The van der Waals surface area contributed by atoms with E-state index in [4.69, 9.17) is 11.5 Å². The van der Waals surface area contributed by atoms with Gasteiger partial charge in [0.05, 0.1) is 0 Å². The number of nitrogens with two attached hydrogens (primary N) is 2. The van der Waals surface area contributed by atoms with Crippen molar-refractivity contribution in [3.05, 3.63) is 47.5 Å². The molecule has 24 heavy (non-hydrogen) atoms. The molecule has 0 saturated heterocycles. The van der Waals surface area contributed by atoms with Crippen LogP contribution in [-0.4, -0.2) is 0 Å². The lowest BCUT2D eigenvalue weighted by Gasteiger charge is -2.18. The summed E-state index contributed by atoms with van der Waals surface area (Å²) in [6.07, 6.45) is 9.65. The van der Waals surface area contributed by atoms with Crippen LogP contribution in [0.1, 0.15) is 63.5 Å². The molecule has 2 aromatic rings. The fourth-order valence-corrected chi connectivity index (χ4v) is 3.33. The zero-order valence-electron chi connectivity index (χ0n) is 15.3. The summed E-state index contributed by atoms with van der Waals surface area (Å²) in [4.78, 5) is 0. The van der Waals surface area contributed by atoms with Crippen LogP contribution in [0.2, 0.25) is 0 Å². The van der Waals surface area contributed by atoms with Crippen molar-refractivity contribution in [1.82, 2.24) is 0 Å². The molecule has 0 aliphatic carbocycles. The number of hydrogen-bond acceptors (Lipinski definition) is 2. The monoisotopic (exact) mass is 324 g/mol. The second-order valence-electron chi connectivity index (χ2n) is 6.70. The highest BCUT2D eigenvalue weighted by Gasteiger charge is 2.13. The van der Waals surface area contributed by atoms with Crippen molar-refractivity contribution in [3.8, 4) is 11.1 Å². The normalized spacial score (nSPS) is 10.9. The predicted molar refractivity (Wildman–Crippen MR) is 107 cm³/mol. The minimum atomic E-state index is 0.810. The van der Waals surface area contributed by atoms with Crippen molar-refractivity contribution in [2.75, 3.05) is 11.5 Å². The highest BCUT2D eigenvalue weighted by Crippen LogP contribution is 2.33. The molecule has 0 aromatic heterocycles. The quantitative estimate of drug-likeness (QED) is 0.440. The van der Waals surface area contributed by atoms with E-state index in [1.54, 1.807) is 0 Å². The first kappa shape index (κ1) is 18.4. The van der Waals surface area contributed by atoms with Crippen LogP contribution in [0, 0.1) is 0 Å². The Balaban J connectivity index is 2.40. The van der Waals surface area contributed by atoms with Crippen LogP contribution < -0.4 is 11.5 Å². The summed E-state index contributed by atoms with van der Waals surface area (Å²) in [6, 6.07) is 12.5. The molecule has 0 aliphatic rings. The fourth-order valence-electron chi connectivity index (χ4n) is 3.33. The average Bonchev–Trinajstić information content (AvgIpc) is 2.58. The molecule has 2 heteroatoms. The molecule has 0 radical (unpaired) electrons. The van der Waals surface area contributed by atoms with Crippen molar-refractivity contribution in [3.63, 3.8) is 0 Å². The molecule has 0 aliphatic heterocycles. The van der Waals surface area contributed by atoms with Gasteiger partial charge in [0, 0.05) is 11.4 Å². The molecule has 2 rings (SSSR count). The van der Waals surface area contributed by atoms with Gasteiger partial charge in [0.2, 0.25) is 0 Å². The van der Waals surface area contributed by atoms with Crippen LogP contribution in [0.15, 0.2) is 36.4 Å². The van der Waals surface area contributed by atoms with E-state index in [1.807, 2.05) is 12.1 Å². The van der Waals surface area contributed by atoms with Gasteiger partial charge < -0.3 is 11.5 Å². The van der Waals surface area contributed by atoms with Gasteiger partial charge in [0.25, 0.3) is 0 Å². The van der Waals surface area contributed by atoms with Crippen molar-refractivity contribution in [1.29, 1.82) is 0 Å². The zero-order chi connectivity index (χ0) is 17.4. The van der Waals surface area contributed by atoms with Crippen molar-refractivity contribution < 1.29 is 0 Å². The molecule has 0 amide bonds. The third-order valence-electron chi connectivity index (χ3n) is 4.75. The standard InChI is InChI=1S/C22H32N2/c1-3-5-7-9-20-19(17-11-13-18(23)14-12-17)15-16-22(24)21(20)10-8-6-4-2/h11-16H,3-10,23-24H2,1-2H3. The van der Waals surface area contributed by atoms with Crippen molar-refractivity contribution >= 4 is 11.4 Å². The van der Waals surface area contributed by atoms with Gasteiger partial charge in [-0.1, -0.05) is 57.7 Å². The Morgan fingerprint density at radius 2 is 1.25 bits per heavy atom. The minimum absolute atomic E-state index is 0.810. The first-order valence-corrected chi connectivity index (χ1v) is 9.43. The SMILES string of the molecule is CCCCCc1c(N)ccc(-c2ccc(N)cc2)c1CCCCC. The fraction of sp³-hybridized carbons (Fsp3) is 0.455.